The molecule has 0 radical (unpaired) electrons. The molecule has 7 nitrogen and oxygen atoms in total. The van der Waals surface area contributed by atoms with Gasteiger partial charge in [0.1, 0.15) is 12.4 Å². The van der Waals surface area contributed by atoms with E-state index in [-0.39, 0.29) is 24.3 Å². The van der Waals surface area contributed by atoms with E-state index in [4.69, 9.17) is 0 Å². The number of benzene rings is 1. The third-order valence-electron chi connectivity index (χ3n) is 5.22. The fraction of sp³-hybridized carbons (Fsp3) is 0.368. The van der Waals surface area contributed by atoms with Crippen molar-refractivity contribution < 1.29 is 9.18 Å². The number of aromatic nitrogens is 5. The molecule has 1 aliphatic heterocycles. The van der Waals surface area contributed by atoms with Gasteiger partial charge in [0.2, 0.25) is 5.91 Å². The topological polar surface area (TPSA) is 68.8 Å². The van der Waals surface area contributed by atoms with Crippen LogP contribution in [0.5, 0.6) is 0 Å². The van der Waals surface area contributed by atoms with Gasteiger partial charge in [0.25, 0.3) is 0 Å². The number of amides is 1. The lowest BCUT2D eigenvalue weighted by Crippen LogP contribution is -2.51. The maximum Gasteiger partial charge on any atom is 0.244 e. The van der Waals surface area contributed by atoms with Crippen LogP contribution in [0.3, 0.4) is 0 Å². The molecule has 2 aliphatic rings. The van der Waals surface area contributed by atoms with Crippen LogP contribution in [0.2, 0.25) is 0 Å². The quantitative estimate of drug-likeness (QED) is 0.694. The molecule has 3 aromatic rings. The minimum Gasteiger partial charge on any atom is -0.337 e. The summed E-state index contributed by atoms with van der Waals surface area (Å²) in [7, 11) is 0. The SMILES string of the molecule is O=C(Cn1cc(-c2ccc(F)cc2)cn1)N1CC(n2cc(C3CC3)nn2)C1. The molecule has 0 N–H and O–H groups in total. The fourth-order valence-electron chi connectivity index (χ4n) is 3.34. The van der Waals surface area contributed by atoms with Crippen molar-refractivity contribution in [1.29, 1.82) is 0 Å². The third-order valence-corrected chi connectivity index (χ3v) is 5.22. The van der Waals surface area contributed by atoms with Crippen molar-refractivity contribution in [2.75, 3.05) is 13.1 Å². The summed E-state index contributed by atoms with van der Waals surface area (Å²) in [5, 5.41) is 12.7. The van der Waals surface area contributed by atoms with Gasteiger partial charge in [-0.05, 0) is 30.5 Å². The maximum absolute atomic E-state index is 13.0. The van der Waals surface area contributed by atoms with Gasteiger partial charge in [-0.15, -0.1) is 5.10 Å². The van der Waals surface area contributed by atoms with Crippen LogP contribution in [0.4, 0.5) is 4.39 Å². The molecule has 0 spiro atoms. The van der Waals surface area contributed by atoms with Crippen LogP contribution in [0.15, 0.2) is 42.9 Å². The first kappa shape index (κ1) is 16.2. The Morgan fingerprint density at radius 3 is 2.63 bits per heavy atom. The van der Waals surface area contributed by atoms with Gasteiger partial charge in [0.15, 0.2) is 0 Å². The lowest BCUT2D eigenvalue weighted by Gasteiger charge is -2.38. The predicted octanol–water partition coefficient (Wildman–Crippen LogP) is 2.24. The standard InChI is InChI=1S/C19H19FN6O/c20-16-5-3-13(4-6-16)15-7-21-25(8-15)12-19(27)24-9-17(10-24)26-11-18(22-23-26)14-1-2-14/h3-8,11,14,17H,1-2,9-10,12H2. The van der Waals surface area contributed by atoms with Gasteiger partial charge in [-0.25, -0.2) is 9.07 Å². The van der Waals surface area contributed by atoms with E-state index in [1.165, 1.54) is 25.0 Å². The Labute approximate surface area is 155 Å². The van der Waals surface area contributed by atoms with Gasteiger partial charge in [-0.3, -0.25) is 9.48 Å². The number of likely N-dealkylation sites (tertiary alicyclic amines) is 1. The van der Waals surface area contributed by atoms with Crippen molar-refractivity contribution in [2.24, 2.45) is 0 Å². The van der Waals surface area contributed by atoms with E-state index < -0.39 is 0 Å². The molecule has 138 valence electrons. The maximum atomic E-state index is 13.0. The van der Waals surface area contributed by atoms with Crippen molar-refractivity contribution in [3.63, 3.8) is 0 Å². The molecule has 2 fully saturated rings. The summed E-state index contributed by atoms with van der Waals surface area (Å²) >= 11 is 0. The first-order valence-corrected chi connectivity index (χ1v) is 9.13. The zero-order chi connectivity index (χ0) is 18.4. The Hall–Kier alpha value is -3.03. The van der Waals surface area contributed by atoms with E-state index in [9.17, 15) is 9.18 Å². The summed E-state index contributed by atoms with van der Waals surface area (Å²) in [4.78, 5) is 14.3. The minimum absolute atomic E-state index is 0.0301. The Morgan fingerprint density at radius 1 is 1.11 bits per heavy atom. The van der Waals surface area contributed by atoms with Crippen molar-refractivity contribution in [3.05, 3.63) is 54.4 Å². The molecule has 1 amide bonds. The molecule has 5 rings (SSSR count). The number of hydrogen-bond acceptors (Lipinski definition) is 4. The number of carbonyl (C=O) groups is 1. The lowest BCUT2D eigenvalue weighted by molar-refractivity contribution is -0.138. The summed E-state index contributed by atoms with van der Waals surface area (Å²) in [6, 6.07) is 6.44. The second-order valence-electron chi connectivity index (χ2n) is 7.28. The molecule has 0 unspecified atom stereocenters. The summed E-state index contributed by atoms with van der Waals surface area (Å²) in [6.45, 7) is 1.50. The molecule has 1 saturated heterocycles. The Bertz CT molecular complexity index is 968. The highest BCUT2D eigenvalue weighted by atomic mass is 19.1. The smallest absolute Gasteiger partial charge is 0.244 e. The summed E-state index contributed by atoms with van der Waals surface area (Å²) in [5.74, 6) is 0.347. The number of nitrogens with zero attached hydrogens (tertiary/aromatic N) is 6. The molecule has 2 aromatic heterocycles. The van der Waals surface area contributed by atoms with Crippen LogP contribution < -0.4 is 0 Å². The van der Waals surface area contributed by atoms with Crippen molar-refractivity contribution in [1.82, 2.24) is 29.7 Å². The molecule has 1 aliphatic carbocycles. The average Bonchev–Trinajstić information content (AvgIpc) is 3.18. The molecular formula is C19H19FN6O. The third kappa shape index (κ3) is 3.22. The Kier molecular flexibility index (Phi) is 3.77. The molecule has 3 heterocycles. The number of hydrogen-bond donors (Lipinski definition) is 0. The summed E-state index contributed by atoms with van der Waals surface area (Å²) < 4.78 is 16.5. The van der Waals surface area contributed by atoms with Gasteiger partial charge < -0.3 is 4.90 Å². The zero-order valence-electron chi connectivity index (χ0n) is 14.7. The van der Waals surface area contributed by atoms with Crippen molar-refractivity contribution >= 4 is 5.91 Å². The normalized spacial score (nSPS) is 17.1. The van der Waals surface area contributed by atoms with E-state index in [0.29, 0.717) is 19.0 Å². The van der Waals surface area contributed by atoms with Crippen LogP contribution >= 0.6 is 0 Å². The Balaban J connectivity index is 1.17. The van der Waals surface area contributed by atoms with E-state index in [1.807, 2.05) is 22.0 Å². The number of rotatable bonds is 5. The summed E-state index contributed by atoms with van der Waals surface area (Å²) in [6.07, 6.45) is 7.93. The average molecular weight is 366 g/mol. The second-order valence-corrected chi connectivity index (χ2v) is 7.28. The number of carbonyl (C=O) groups excluding carboxylic acids is 1. The molecular weight excluding hydrogens is 347 g/mol. The first-order valence-electron chi connectivity index (χ1n) is 9.13. The molecule has 1 saturated carbocycles. The molecule has 8 heteroatoms. The first-order chi connectivity index (χ1) is 13.2. The largest absolute Gasteiger partial charge is 0.337 e. The fourth-order valence-corrected chi connectivity index (χ4v) is 3.34. The highest BCUT2D eigenvalue weighted by Gasteiger charge is 2.34. The highest BCUT2D eigenvalue weighted by Crippen LogP contribution is 2.39. The Morgan fingerprint density at radius 2 is 1.89 bits per heavy atom. The molecule has 27 heavy (non-hydrogen) atoms. The second kappa shape index (κ2) is 6.29. The van der Waals surface area contributed by atoms with Gasteiger partial charge >= 0.3 is 0 Å². The predicted molar refractivity (Wildman–Crippen MR) is 95.2 cm³/mol. The van der Waals surface area contributed by atoms with E-state index in [0.717, 1.165) is 16.8 Å². The van der Waals surface area contributed by atoms with Crippen LogP contribution in [-0.4, -0.2) is 48.7 Å². The van der Waals surface area contributed by atoms with Gasteiger partial charge in [-0.1, -0.05) is 17.3 Å². The molecule has 0 bridgehead atoms. The van der Waals surface area contributed by atoms with E-state index in [1.54, 1.807) is 23.0 Å². The van der Waals surface area contributed by atoms with Crippen LogP contribution in [-0.2, 0) is 11.3 Å². The van der Waals surface area contributed by atoms with Crippen LogP contribution in [0, 0.1) is 5.82 Å². The van der Waals surface area contributed by atoms with Gasteiger partial charge in [-0.2, -0.15) is 5.10 Å². The van der Waals surface area contributed by atoms with Crippen molar-refractivity contribution in [2.45, 2.75) is 31.3 Å². The van der Waals surface area contributed by atoms with Crippen molar-refractivity contribution in [3.8, 4) is 11.1 Å². The molecule has 1 aromatic carbocycles. The monoisotopic (exact) mass is 366 g/mol. The van der Waals surface area contributed by atoms with Crippen LogP contribution in [0.1, 0.15) is 30.5 Å². The van der Waals surface area contributed by atoms with Gasteiger partial charge in [0.05, 0.1) is 17.9 Å². The lowest BCUT2D eigenvalue weighted by atomic mass is 10.1. The van der Waals surface area contributed by atoms with E-state index >= 15 is 0 Å². The highest BCUT2D eigenvalue weighted by molar-refractivity contribution is 5.77. The van der Waals surface area contributed by atoms with E-state index in [2.05, 4.69) is 15.4 Å². The van der Waals surface area contributed by atoms with Crippen LogP contribution in [0.25, 0.3) is 11.1 Å². The van der Waals surface area contributed by atoms with Gasteiger partial charge in [0, 0.05) is 37.0 Å². The zero-order valence-corrected chi connectivity index (χ0v) is 14.7. The molecule has 0 atom stereocenters. The summed E-state index contributed by atoms with van der Waals surface area (Å²) in [5.41, 5.74) is 2.81. The minimum atomic E-state index is -0.273. The number of halogens is 1.